The van der Waals surface area contributed by atoms with Crippen LogP contribution in [0.2, 0.25) is 20.1 Å². The molecule has 0 unspecified atom stereocenters. The summed E-state index contributed by atoms with van der Waals surface area (Å²) in [7, 11) is 0. The van der Waals surface area contributed by atoms with Gasteiger partial charge in [-0.1, -0.05) is 60.3 Å². The smallest absolute Gasteiger partial charge is 0.0559 e. The minimum Gasteiger partial charge on any atom is -0.282 e. The predicted octanol–water partition coefficient (Wildman–Crippen LogP) is 6.70. The van der Waals surface area contributed by atoms with Crippen LogP contribution in [0.1, 0.15) is 37.1 Å². The molecule has 1 aliphatic rings. The molecule has 0 N–H and O–H groups in total. The molecular weight excluding hydrogens is 398 g/mol. The molecule has 25 heavy (non-hydrogen) atoms. The van der Waals surface area contributed by atoms with Gasteiger partial charge in [-0.05, 0) is 60.6 Å². The molecule has 2 aromatic carbocycles. The maximum absolute atomic E-state index is 6.28. The number of benzene rings is 2. The number of halogens is 4. The van der Waals surface area contributed by atoms with Crippen LogP contribution in [0.5, 0.6) is 0 Å². The molecule has 2 aromatic rings. The maximum atomic E-state index is 6.28. The standard InChI is InChI=1S/C19H20Cl4N2/c1-3-24-11-25(4-2)19(13-7-16(22)10-17(23)8-13)18(24)12-5-14(20)9-15(21)6-12/h5-10,18-19H,3-4,11H2,1-2H3/t18-,19+. The number of hydrogen-bond donors (Lipinski definition) is 0. The summed E-state index contributed by atoms with van der Waals surface area (Å²) in [5.41, 5.74) is 2.22. The lowest BCUT2D eigenvalue weighted by Gasteiger charge is -2.29. The van der Waals surface area contributed by atoms with Gasteiger partial charge in [-0.3, -0.25) is 9.80 Å². The van der Waals surface area contributed by atoms with E-state index in [1.165, 1.54) is 0 Å². The zero-order valence-corrected chi connectivity index (χ0v) is 17.2. The molecule has 2 nitrogen and oxygen atoms in total. The second kappa shape index (κ2) is 8.04. The summed E-state index contributed by atoms with van der Waals surface area (Å²) >= 11 is 25.1. The van der Waals surface area contributed by atoms with E-state index in [9.17, 15) is 0 Å². The molecule has 1 saturated heterocycles. The van der Waals surface area contributed by atoms with Gasteiger partial charge in [0.2, 0.25) is 0 Å². The van der Waals surface area contributed by atoms with Gasteiger partial charge in [0, 0.05) is 20.1 Å². The summed E-state index contributed by atoms with van der Waals surface area (Å²) in [6.45, 7) is 7.06. The largest absolute Gasteiger partial charge is 0.282 e. The van der Waals surface area contributed by atoms with E-state index in [2.05, 4.69) is 23.6 Å². The highest BCUT2D eigenvalue weighted by Gasteiger charge is 2.40. The molecule has 3 rings (SSSR count). The Labute approximate surface area is 169 Å². The van der Waals surface area contributed by atoms with E-state index >= 15 is 0 Å². The van der Waals surface area contributed by atoms with Crippen LogP contribution in [0.15, 0.2) is 36.4 Å². The van der Waals surface area contributed by atoms with E-state index in [-0.39, 0.29) is 12.1 Å². The summed E-state index contributed by atoms with van der Waals surface area (Å²) < 4.78 is 0. The van der Waals surface area contributed by atoms with Crippen LogP contribution in [0.25, 0.3) is 0 Å². The van der Waals surface area contributed by atoms with Crippen LogP contribution >= 0.6 is 46.4 Å². The van der Waals surface area contributed by atoms with Crippen molar-refractivity contribution in [1.29, 1.82) is 0 Å². The first-order valence-corrected chi connectivity index (χ1v) is 9.84. The molecule has 0 amide bonds. The zero-order valence-electron chi connectivity index (χ0n) is 14.1. The van der Waals surface area contributed by atoms with E-state index in [0.717, 1.165) is 30.9 Å². The van der Waals surface area contributed by atoms with Gasteiger partial charge in [0.15, 0.2) is 0 Å². The molecule has 0 spiro atoms. The zero-order chi connectivity index (χ0) is 18.1. The van der Waals surface area contributed by atoms with Gasteiger partial charge in [0.1, 0.15) is 0 Å². The van der Waals surface area contributed by atoms with Gasteiger partial charge in [-0.15, -0.1) is 0 Å². The Hall–Kier alpha value is -0.480. The van der Waals surface area contributed by atoms with Crippen LogP contribution in [0, 0.1) is 0 Å². The van der Waals surface area contributed by atoms with Crippen molar-refractivity contribution >= 4 is 46.4 Å². The lowest BCUT2D eigenvalue weighted by molar-refractivity contribution is 0.232. The Morgan fingerprint density at radius 1 is 0.680 bits per heavy atom. The first-order valence-electron chi connectivity index (χ1n) is 8.33. The molecule has 0 aliphatic carbocycles. The molecule has 0 aromatic heterocycles. The van der Waals surface area contributed by atoms with E-state index in [1.807, 2.05) is 24.3 Å². The van der Waals surface area contributed by atoms with Gasteiger partial charge >= 0.3 is 0 Å². The Bertz CT molecular complexity index is 661. The molecule has 1 heterocycles. The second-order valence-corrected chi connectivity index (χ2v) is 7.99. The molecule has 0 saturated carbocycles. The third-order valence-corrected chi connectivity index (χ3v) is 5.59. The molecule has 0 bridgehead atoms. The molecule has 0 radical (unpaired) electrons. The van der Waals surface area contributed by atoms with Crippen LogP contribution in [-0.4, -0.2) is 29.6 Å². The first kappa shape index (κ1) is 19.3. The van der Waals surface area contributed by atoms with Crippen LogP contribution in [0.4, 0.5) is 0 Å². The summed E-state index contributed by atoms with van der Waals surface area (Å²) in [6, 6.07) is 11.8. The minimum atomic E-state index is 0.135. The van der Waals surface area contributed by atoms with Crippen molar-refractivity contribution in [2.75, 3.05) is 19.8 Å². The Morgan fingerprint density at radius 3 is 1.28 bits per heavy atom. The van der Waals surface area contributed by atoms with E-state index in [0.29, 0.717) is 20.1 Å². The van der Waals surface area contributed by atoms with Crippen molar-refractivity contribution in [2.24, 2.45) is 0 Å². The highest BCUT2D eigenvalue weighted by Crippen LogP contribution is 2.45. The predicted molar refractivity (Wildman–Crippen MR) is 108 cm³/mol. The average molecular weight is 418 g/mol. The fourth-order valence-electron chi connectivity index (χ4n) is 3.68. The van der Waals surface area contributed by atoms with E-state index in [1.54, 1.807) is 12.1 Å². The Kier molecular flexibility index (Phi) is 6.20. The lowest BCUT2D eigenvalue weighted by Crippen LogP contribution is -2.26. The molecule has 1 fully saturated rings. The highest BCUT2D eigenvalue weighted by atomic mass is 35.5. The van der Waals surface area contributed by atoms with Crippen molar-refractivity contribution in [3.63, 3.8) is 0 Å². The molecule has 2 atom stereocenters. The topological polar surface area (TPSA) is 6.48 Å². The molecule has 1 aliphatic heterocycles. The minimum absolute atomic E-state index is 0.135. The van der Waals surface area contributed by atoms with Gasteiger partial charge in [0.05, 0.1) is 18.8 Å². The second-order valence-electron chi connectivity index (χ2n) is 6.25. The van der Waals surface area contributed by atoms with E-state index in [4.69, 9.17) is 46.4 Å². The monoisotopic (exact) mass is 416 g/mol. The first-order chi connectivity index (χ1) is 11.9. The van der Waals surface area contributed by atoms with Crippen molar-refractivity contribution < 1.29 is 0 Å². The van der Waals surface area contributed by atoms with Crippen molar-refractivity contribution in [3.05, 3.63) is 67.6 Å². The fourth-order valence-corrected chi connectivity index (χ4v) is 4.77. The quantitative estimate of drug-likeness (QED) is 0.546. The third-order valence-electron chi connectivity index (χ3n) is 4.71. The number of nitrogens with zero attached hydrogens (tertiary/aromatic N) is 2. The van der Waals surface area contributed by atoms with Gasteiger partial charge in [-0.2, -0.15) is 0 Å². The van der Waals surface area contributed by atoms with Crippen molar-refractivity contribution in [3.8, 4) is 0 Å². The average Bonchev–Trinajstić information content (AvgIpc) is 2.91. The number of hydrogen-bond acceptors (Lipinski definition) is 2. The van der Waals surface area contributed by atoms with Gasteiger partial charge in [0.25, 0.3) is 0 Å². The Balaban J connectivity index is 2.13. The Morgan fingerprint density at radius 2 is 1.00 bits per heavy atom. The van der Waals surface area contributed by atoms with Crippen molar-refractivity contribution in [2.45, 2.75) is 25.9 Å². The van der Waals surface area contributed by atoms with Crippen LogP contribution < -0.4 is 0 Å². The maximum Gasteiger partial charge on any atom is 0.0559 e. The summed E-state index contributed by atoms with van der Waals surface area (Å²) in [5.74, 6) is 0. The molecule has 6 heteroatoms. The van der Waals surface area contributed by atoms with Crippen molar-refractivity contribution in [1.82, 2.24) is 9.80 Å². The van der Waals surface area contributed by atoms with Crippen LogP contribution in [0.3, 0.4) is 0 Å². The summed E-state index contributed by atoms with van der Waals surface area (Å²) in [6.07, 6.45) is 0. The number of likely N-dealkylation sites (N-methyl/N-ethyl adjacent to an activating group) is 2. The molecular formula is C19H20Cl4N2. The van der Waals surface area contributed by atoms with Gasteiger partial charge < -0.3 is 0 Å². The SMILES string of the molecule is CCN1CN(CC)[C@@H](c2cc(Cl)cc(Cl)c2)[C@H]1c1cc(Cl)cc(Cl)c1. The van der Waals surface area contributed by atoms with Crippen LogP contribution in [-0.2, 0) is 0 Å². The van der Waals surface area contributed by atoms with E-state index < -0.39 is 0 Å². The highest BCUT2D eigenvalue weighted by molar-refractivity contribution is 6.35. The summed E-state index contributed by atoms with van der Waals surface area (Å²) in [5, 5.41) is 2.60. The van der Waals surface area contributed by atoms with Gasteiger partial charge in [-0.25, -0.2) is 0 Å². The molecule has 134 valence electrons. The summed E-state index contributed by atoms with van der Waals surface area (Å²) in [4.78, 5) is 4.84. The third kappa shape index (κ3) is 4.10. The fraction of sp³-hybridized carbons (Fsp3) is 0.368. The lowest BCUT2D eigenvalue weighted by atomic mass is 9.93. The number of rotatable bonds is 4. The normalized spacial score (nSPS) is 21.8.